The minimum absolute atomic E-state index is 0.0604. The summed E-state index contributed by atoms with van der Waals surface area (Å²) in [4.78, 5) is 14.4. The van der Waals surface area contributed by atoms with E-state index in [1.54, 1.807) is 0 Å². The Hall–Kier alpha value is -1.10. The van der Waals surface area contributed by atoms with Crippen LogP contribution in [0.3, 0.4) is 0 Å². The number of likely N-dealkylation sites (tertiary alicyclic amines) is 1. The zero-order valence-corrected chi connectivity index (χ0v) is 12.7. The van der Waals surface area contributed by atoms with Crippen molar-refractivity contribution in [1.82, 2.24) is 10.2 Å². The first kappa shape index (κ1) is 15.3. The SMILES string of the molecule is CC(C)NC(=O)[C@@H]1C[C@H](N)CN1Cc1ccc(Cl)cc1. The highest BCUT2D eigenvalue weighted by molar-refractivity contribution is 6.30. The van der Waals surface area contributed by atoms with Crippen molar-refractivity contribution in [3.05, 3.63) is 34.9 Å². The van der Waals surface area contributed by atoms with Gasteiger partial charge in [-0.1, -0.05) is 23.7 Å². The first-order chi connectivity index (χ1) is 9.45. The summed E-state index contributed by atoms with van der Waals surface area (Å²) in [5.74, 6) is 0.0712. The van der Waals surface area contributed by atoms with E-state index in [1.807, 2.05) is 38.1 Å². The molecule has 0 spiro atoms. The van der Waals surface area contributed by atoms with Crippen molar-refractivity contribution in [3.63, 3.8) is 0 Å². The van der Waals surface area contributed by atoms with Gasteiger partial charge in [0.05, 0.1) is 6.04 Å². The fourth-order valence-corrected chi connectivity index (χ4v) is 2.72. The van der Waals surface area contributed by atoms with Crippen molar-refractivity contribution in [1.29, 1.82) is 0 Å². The second kappa shape index (κ2) is 6.57. The van der Waals surface area contributed by atoms with E-state index in [0.717, 1.165) is 23.7 Å². The molecular weight excluding hydrogens is 274 g/mol. The number of rotatable bonds is 4. The van der Waals surface area contributed by atoms with Gasteiger partial charge in [-0.2, -0.15) is 0 Å². The monoisotopic (exact) mass is 295 g/mol. The number of carbonyl (C=O) groups excluding carboxylic acids is 1. The average molecular weight is 296 g/mol. The third-order valence-corrected chi connectivity index (χ3v) is 3.72. The van der Waals surface area contributed by atoms with E-state index in [-0.39, 0.29) is 24.0 Å². The molecule has 2 atom stereocenters. The molecule has 1 aromatic rings. The summed E-state index contributed by atoms with van der Waals surface area (Å²) in [5.41, 5.74) is 7.16. The summed E-state index contributed by atoms with van der Waals surface area (Å²) in [5, 5.41) is 3.70. The highest BCUT2D eigenvalue weighted by Gasteiger charge is 2.35. The lowest BCUT2D eigenvalue weighted by molar-refractivity contribution is -0.126. The van der Waals surface area contributed by atoms with E-state index in [9.17, 15) is 4.79 Å². The maximum absolute atomic E-state index is 12.2. The molecule has 1 aliphatic rings. The van der Waals surface area contributed by atoms with Crippen LogP contribution in [0.2, 0.25) is 5.02 Å². The van der Waals surface area contributed by atoms with Crippen molar-refractivity contribution in [2.45, 2.75) is 44.9 Å². The second-order valence-electron chi connectivity index (χ2n) is 5.73. The van der Waals surface area contributed by atoms with Crippen molar-refractivity contribution in [3.8, 4) is 0 Å². The van der Waals surface area contributed by atoms with Crippen LogP contribution >= 0.6 is 11.6 Å². The summed E-state index contributed by atoms with van der Waals surface area (Å²) in [6, 6.07) is 7.80. The van der Waals surface area contributed by atoms with Gasteiger partial charge in [0.2, 0.25) is 5.91 Å². The summed E-state index contributed by atoms with van der Waals surface area (Å²) >= 11 is 5.89. The predicted octanol–water partition coefficient (Wildman–Crippen LogP) is 1.77. The molecule has 0 bridgehead atoms. The summed E-state index contributed by atoms with van der Waals surface area (Å²) in [6.45, 7) is 5.41. The Morgan fingerprint density at radius 3 is 2.70 bits per heavy atom. The molecule has 0 unspecified atom stereocenters. The zero-order valence-electron chi connectivity index (χ0n) is 12.0. The van der Waals surface area contributed by atoms with E-state index in [1.165, 1.54) is 0 Å². The molecule has 1 aromatic carbocycles. The van der Waals surface area contributed by atoms with Gasteiger partial charge in [-0.25, -0.2) is 0 Å². The number of nitrogens with two attached hydrogens (primary N) is 1. The highest BCUT2D eigenvalue weighted by atomic mass is 35.5. The topological polar surface area (TPSA) is 58.4 Å². The molecule has 20 heavy (non-hydrogen) atoms. The van der Waals surface area contributed by atoms with Gasteiger partial charge in [0.15, 0.2) is 0 Å². The van der Waals surface area contributed by atoms with Crippen LogP contribution in [0.15, 0.2) is 24.3 Å². The van der Waals surface area contributed by atoms with E-state index >= 15 is 0 Å². The average Bonchev–Trinajstić information content (AvgIpc) is 2.72. The van der Waals surface area contributed by atoms with Crippen LogP contribution in [0, 0.1) is 0 Å². The number of hydrogen-bond acceptors (Lipinski definition) is 3. The zero-order chi connectivity index (χ0) is 14.7. The van der Waals surface area contributed by atoms with Gasteiger partial charge >= 0.3 is 0 Å². The van der Waals surface area contributed by atoms with E-state index in [4.69, 9.17) is 17.3 Å². The third kappa shape index (κ3) is 3.95. The van der Waals surface area contributed by atoms with E-state index < -0.39 is 0 Å². The molecule has 3 N–H and O–H groups in total. The first-order valence-corrected chi connectivity index (χ1v) is 7.38. The Morgan fingerprint density at radius 2 is 2.10 bits per heavy atom. The lowest BCUT2D eigenvalue weighted by Crippen LogP contribution is -2.45. The molecule has 1 fully saturated rings. The molecule has 0 radical (unpaired) electrons. The Labute approximate surface area is 125 Å². The van der Waals surface area contributed by atoms with Crippen molar-refractivity contribution >= 4 is 17.5 Å². The molecule has 1 heterocycles. The fraction of sp³-hybridized carbons (Fsp3) is 0.533. The van der Waals surface area contributed by atoms with Crippen LogP contribution in [0.1, 0.15) is 25.8 Å². The molecule has 1 amide bonds. The first-order valence-electron chi connectivity index (χ1n) is 7.00. The van der Waals surface area contributed by atoms with Gasteiger partial charge in [0.1, 0.15) is 0 Å². The van der Waals surface area contributed by atoms with Gasteiger partial charge in [0.25, 0.3) is 0 Å². The van der Waals surface area contributed by atoms with Crippen LogP contribution < -0.4 is 11.1 Å². The highest BCUT2D eigenvalue weighted by Crippen LogP contribution is 2.20. The smallest absolute Gasteiger partial charge is 0.237 e. The maximum Gasteiger partial charge on any atom is 0.237 e. The number of nitrogens with one attached hydrogen (secondary N) is 1. The van der Waals surface area contributed by atoms with Gasteiger partial charge in [0, 0.05) is 30.2 Å². The van der Waals surface area contributed by atoms with Gasteiger partial charge in [-0.15, -0.1) is 0 Å². The molecule has 0 saturated carbocycles. The maximum atomic E-state index is 12.2. The standard InChI is InChI=1S/C15H22ClN3O/c1-10(2)18-15(20)14-7-13(17)9-19(14)8-11-3-5-12(16)6-4-11/h3-6,10,13-14H,7-9,17H2,1-2H3,(H,18,20)/t13-,14-/m0/s1. The molecule has 1 aliphatic heterocycles. The quantitative estimate of drug-likeness (QED) is 0.890. The van der Waals surface area contributed by atoms with E-state index in [0.29, 0.717) is 6.42 Å². The van der Waals surface area contributed by atoms with Gasteiger partial charge in [-0.05, 0) is 38.0 Å². The predicted molar refractivity (Wildman–Crippen MR) is 81.5 cm³/mol. The van der Waals surface area contributed by atoms with Crippen LogP contribution in [0.4, 0.5) is 0 Å². The Kier molecular flexibility index (Phi) is 5.02. The minimum atomic E-state index is -0.136. The summed E-state index contributed by atoms with van der Waals surface area (Å²) in [7, 11) is 0. The number of nitrogens with zero attached hydrogens (tertiary/aromatic N) is 1. The van der Waals surface area contributed by atoms with Crippen LogP contribution in [-0.2, 0) is 11.3 Å². The largest absolute Gasteiger partial charge is 0.353 e. The number of halogens is 1. The number of hydrogen-bond donors (Lipinski definition) is 2. The normalized spacial score (nSPS) is 23.2. The second-order valence-corrected chi connectivity index (χ2v) is 6.17. The van der Waals surface area contributed by atoms with Crippen LogP contribution in [0.5, 0.6) is 0 Å². The molecule has 0 aliphatic carbocycles. The molecule has 4 nitrogen and oxygen atoms in total. The molecule has 2 rings (SSSR count). The number of amides is 1. The minimum Gasteiger partial charge on any atom is -0.353 e. The van der Waals surface area contributed by atoms with Crippen LogP contribution in [0.25, 0.3) is 0 Å². The molecule has 1 saturated heterocycles. The molecule has 110 valence electrons. The van der Waals surface area contributed by atoms with Crippen molar-refractivity contribution in [2.24, 2.45) is 5.73 Å². The summed E-state index contributed by atoms with van der Waals surface area (Å²) < 4.78 is 0. The Balaban J connectivity index is 2.04. The molecule has 0 aromatic heterocycles. The fourth-order valence-electron chi connectivity index (χ4n) is 2.59. The lowest BCUT2D eigenvalue weighted by atomic mass is 10.1. The third-order valence-electron chi connectivity index (χ3n) is 3.47. The Bertz CT molecular complexity index is 461. The van der Waals surface area contributed by atoms with Gasteiger partial charge < -0.3 is 11.1 Å². The Morgan fingerprint density at radius 1 is 1.45 bits per heavy atom. The van der Waals surface area contributed by atoms with Crippen LogP contribution in [-0.4, -0.2) is 35.5 Å². The van der Waals surface area contributed by atoms with E-state index in [2.05, 4.69) is 10.2 Å². The molecular formula is C15H22ClN3O. The van der Waals surface area contributed by atoms with Gasteiger partial charge in [-0.3, -0.25) is 9.69 Å². The van der Waals surface area contributed by atoms with Crippen molar-refractivity contribution < 1.29 is 4.79 Å². The summed E-state index contributed by atoms with van der Waals surface area (Å²) in [6.07, 6.45) is 0.714. The van der Waals surface area contributed by atoms with Crippen molar-refractivity contribution in [2.75, 3.05) is 6.54 Å². The lowest BCUT2D eigenvalue weighted by Gasteiger charge is -2.24. The number of carbonyl (C=O) groups is 1. The molecule has 5 heteroatoms. The number of benzene rings is 1.